The number of aliphatic hydroxyl groups is 1. The van der Waals surface area contributed by atoms with Gasteiger partial charge in [-0.05, 0) is 62.2 Å². The largest absolute Gasteiger partial charge is 0.486 e. The Balaban J connectivity index is 1.28. The summed E-state index contributed by atoms with van der Waals surface area (Å²) in [7, 11) is 0. The summed E-state index contributed by atoms with van der Waals surface area (Å²) >= 11 is 5.96. The Morgan fingerprint density at radius 2 is 1.94 bits per heavy atom. The number of hydrogen-bond acceptors (Lipinski definition) is 7. The fourth-order valence-electron chi connectivity index (χ4n) is 4.98. The standard InChI is InChI=1S/C25H31ClN4O4/c26-19-4-6-23(27-14-19)30-10-7-18(15-30)25(32)28-20(16-29-8-1-2-9-29)24(31)17-3-5-21-22(13-17)34-12-11-33-21/h3-6,13-14,18,20,24,31H,1-2,7-12,15-16H2,(H,28,32). The molecule has 0 aliphatic carbocycles. The number of nitrogens with one attached hydrogen (secondary N) is 1. The molecular weight excluding hydrogens is 456 g/mol. The zero-order chi connectivity index (χ0) is 23.5. The van der Waals surface area contributed by atoms with Crippen LogP contribution in [-0.2, 0) is 4.79 Å². The molecule has 4 heterocycles. The van der Waals surface area contributed by atoms with Crippen molar-refractivity contribution >= 4 is 23.3 Å². The normalized spacial score (nSPS) is 21.9. The summed E-state index contributed by atoms with van der Waals surface area (Å²) in [5.41, 5.74) is 0.715. The molecule has 1 aromatic heterocycles. The highest BCUT2D eigenvalue weighted by Gasteiger charge is 2.33. The topological polar surface area (TPSA) is 87.2 Å². The molecule has 9 heteroatoms. The fraction of sp³-hybridized carbons (Fsp3) is 0.520. The van der Waals surface area contributed by atoms with E-state index in [2.05, 4.69) is 20.1 Å². The van der Waals surface area contributed by atoms with Crippen LogP contribution >= 0.6 is 11.6 Å². The highest BCUT2D eigenvalue weighted by atomic mass is 35.5. The Hall–Kier alpha value is -2.55. The molecule has 3 aliphatic heterocycles. The Morgan fingerprint density at radius 1 is 1.15 bits per heavy atom. The van der Waals surface area contributed by atoms with Crippen molar-refractivity contribution in [2.75, 3.05) is 50.8 Å². The summed E-state index contributed by atoms with van der Waals surface area (Å²) in [6, 6.07) is 8.78. The number of nitrogens with zero attached hydrogens (tertiary/aromatic N) is 3. The number of ether oxygens (including phenoxy) is 2. The fourth-order valence-corrected chi connectivity index (χ4v) is 5.09. The number of likely N-dealkylation sites (tertiary alicyclic amines) is 1. The molecule has 2 N–H and O–H groups in total. The summed E-state index contributed by atoms with van der Waals surface area (Å²) < 4.78 is 11.3. The third-order valence-corrected chi connectivity index (χ3v) is 7.09. The van der Waals surface area contributed by atoms with Crippen molar-refractivity contribution in [2.24, 2.45) is 5.92 Å². The lowest BCUT2D eigenvalue weighted by Gasteiger charge is -2.30. The van der Waals surface area contributed by atoms with Crippen molar-refractivity contribution in [1.82, 2.24) is 15.2 Å². The molecule has 3 unspecified atom stereocenters. The summed E-state index contributed by atoms with van der Waals surface area (Å²) in [6.45, 7) is 4.94. The second kappa shape index (κ2) is 10.4. The van der Waals surface area contributed by atoms with E-state index in [1.807, 2.05) is 30.3 Å². The van der Waals surface area contributed by atoms with Gasteiger partial charge < -0.3 is 29.7 Å². The van der Waals surface area contributed by atoms with Gasteiger partial charge in [0, 0.05) is 25.8 Å². The third kappa shape index (κ3) is 5.24. The molecule has 1 amide bonds. The maximum atomic E-state index is 13.3. The smallest absolute Gasteiger partial charge is 0.225 e. The second-order valence-electron chi connectivity index (χ2n) is 9.24. The van der Waals surface area contributed by atoms with E-state index < -0.39 is 12.1 Å². The van der Waals surface area contributed by atoms with Crippen LogP contribution in [0.5, 0.6) is 11.5 Å². The predicted molar refractivity (Wildman–Crippen MR) is 130 cm³/mol. The first-order valence-corrected chi connectivity index (χ1v) is 12.4. The Morgan fingerprint density at radius 3 is 2.71 bits per heavy atom. The van der Waals surface area contributed by atoms with E-state index >= 15 is 0 Å². The quantitative estimate of drug-likeness (QED) is 0.622. The zero-order valence-corrected chi connectivity index (χ0v) is 19.9. The number of benzene rings is 1. The van der Waals surface area contributed by atoms with Gasteiger partial charge in [-0.1, -0.05) is 17.7 Å². The number of rotatable bonds is 7. The van der Waals surface area contributed by atoms with Crippen LogP contribution in [0.1, 0.15) is 30.9 Å². The Bertz CT molecular complexity index is 999. The van der Waals surface area contributed by atoms with E-state index in [1.165, 1.54) is 0 Å². The van der Waals surface area contributed by atoms with Gasteiger partial charge in [0.2, 0.25) is 5.91 Å². The van der Waals surface area contributed by atoms with Crippen LogP contribution in [0.4, 0.5) is 5.82 Å². The third-order valence-electron chi connectivity index (χ3n) is 6.86. The van der Waals surface area contributed by atoms with Gasteiger partial charge in [0.05, 0.1) is 17.0 Å². The van der Waals surface area contributed by atoms with Gasteiger partial charge in [-0.3, -0.25) is 4.79 Å². The molecule has 34 heavy (non-hydrogen) atoms. The number of halogens is 1. The van der Waals surface area contributed by atoms with E-state index in [4.69, 9.17) is 21.1 Å². The summed E-state index contributed by atoms with van der Waals surface area (Å²) in [4.78, 5) is 22.1. The molecule has 1 aromatic carbocycles. The van der Waals surface area contributed by atoms with Crippen LogP contribution in [0.25, 0.3) is 0 Å². The number of anilines is 1. The first kappa shape index (κ1) is 23.2. The average molecular weight is 487 g/mol. The van der Waals surface area contributed by atoms with Gasteiger partial charge >= 0.3 is 0 Å². The SMILES string of the molecule is O=C(NC(CN1CCCC1)C(O)c1ccc2c(c1)OCCO2)C1CCN(c2ccc(Cl)cn2)C1. The maximum Gasteiger partial charge on any atom is 0.225 e. The molecule has 2 fully saturated rings. The summed E-state index contributed by atoms with van der Waals surface area (Å²) in [5.74, 6) is 1.95. The zero-order valence-electron chi connectivity index (χ0n) is 19.2. The summed E-state index contributed by atoms with van der Waals surface area (Å²) in [5, 5.41) is 15.1. The van der Waals surface area contributed by atoms with E-state index in [9.17, 15) is 9.90 Å². The van der Waals surface area contributed by atoms with Gasteiger partial charge in [-0.25, -0.2) is 4.98 Å². The number of hydrogen-bond donors (Lipinski definition) is 2. The molecule has 0 radical (unpaired) electrons. The van der Waals surface area contributed by atoms with Crippen molar-refractivity contribution in [2.45, 2.75) is 31.4 Å². The highest BCUT2D eigenvalue weighted by Crippen LogP contribution is 2.34. The molecule has 2 aromatic rings. The van der Waals surface area contributed by atoms with Crippen molar-refractivity contribution in [3.05, 3.63) is 47.1 Å². The van der Waals surface area contributed by atoms with Crippen LogP contribution in [0.2, 0.25) is 5.02 Å². The molecular formula is C25H31ClN4O4. The van der Waals surface area contributed by atoms with Crippen LogP contribution in [0, 0.1) is 5.92 Å². The number of carbonyl (C=O) groups is 1. The van der Waals surface area contributed by atoms with E-state index in [0.717, 1.165) is 44.7 Å². The van der Waals surface area contributed by atoms with E-state index in [1.54, 1.807) is 6.20 Å². The lowest BCUT2D eigenvalue weighted by atomic mass is 9.99. The number of fused-ring (bicyclic) bond motifs is 1. The molecule has 5 rings (SSSR count). The maximum absolute atomic E-state index is 13.3. The number of aliphatic hydroxyl groups excluding tert-OH is 1. The van der Waals surface area contributed by atoms with E-state index in [-0.39, 0.29) is 11.8 Å². The van der Waals surface area contributed by atoms with Gasteiger partial charge in [0.1, 0.15) is 25.1 Å². The minimum atomic E-state index is -0.851. The molecule has 0 bridgehead atoms. The van der Waals surface area contributed by atoms with E-state index in [0.29, 0.717) is 48.4 Å². The minimum absolute atomic E-state index is 0.0303. The summed E-state index contributed by atoms with van der Waals surface area (Å²) in [6.07, 6.45) is 3.81. The molecule has 8 nitrogen and oxygen atoms in total. The van der Waals surface area contributed by atoms with Crippen molar-refractivity contribution in [3.8, 4) is 11.5 Å². The number of aromatic nitrogens is 1. The van der Waals surface area contributed by atoms with Gasteiger partial charge in [0.25, 0.3) is 0 Å². The molecule has 3 aliphatic rings. The first-order valence-electron chi connectivity index (χ1n) is 12.0. The lowest BCUT2D eigenvalue weighted by Crippen LogP contribution is -2.48. The van der Waals surface area contributed by atoms with Gasteiger partial charge in [0.15, 0.2) is 11.5 Å². The second-order valence-corrected chi connectivity index (χ2v) is 9.67. The molecule has 0 spiro atoms. The molecule has 182 valence electrons. The van der Waals surface area contributed by atoms with Gasteiger partial charge in [-0.2, -0.15) is 0 Å². The highest BCUT2D eigenvalue weighted by molar-refractivity contribution is 6.30. The predicted octanol–water partition coefficient (Wildman–Crippen LogP) is 2.65. The Kier molecular flexibility index (Phi) is 7.08. The van der Waals surface area contributed by atoms with Crippen molar-refractivity contribution in [1.29, 1.82) is 0 Å². The molecule has 3 atom stereocenters. The first-order chi connectivity index (χ1) is 16.6. The molecule has 2 saturated heterocycles. The molecule has 0 saturated carbocycles. The van der Waals surface area contributed by atoms with Crippen LogP contribution in [0.15, 0.2) is 36.5 Å². The van der Waals surface area contributed by atoms with Crippen molar-refractivity contribution < 1.29 is 19.4 Å². The van der Waals surface area contributed by atoms with Crippen LogP contribution in [-0.4, -0.2) is 72.9 Å². The number of carbonyl (C=O) groups excluding carboxylic acids is 1. The Labute approximate surface area is 204 Å². The average Bonchev–Trinajstić information content (AvgIpc) is 3.56. The number of pyridine rings is 1. The van der Waals surface area contributed by atoms with Crippen molar-refractivity contribution in [3.63, 3.8) is 0 Å². The van der Waals surface area contributed by atoms with Crippen LogP contribution < -0.4 is 19.7 Å². The van der Waals surface area contributed by atoms with Gasteiger partial charge in [-0.15, -0.1) is 0 Å². The van der Waals surface area contributed by atoms with Crippen LogP contribution in [0.3, 0.4) is 0 Å². The lowest BCUT2D eigenvalue weighted by molar-refractivity contribution is -0.126. The monoisotopic (exact) mass is 486 g/mol. The number of amides is 1. The minimum Gasteiger partial charge on any atom is -0.486 e.